The van der Waals surface area contributed by atoms with E-state index in [1.54, 1.807) is 13.2 Å². The third-order valence-corrected chi connectivity index (χ3v) is 9.05. The summed E-state index contributed by atoms with van der Waals surface area (Å²) in [5, 5.41) is 22.0. The first-order valence-corrected chi connectivity index (χ1v) is 16.1. The number of benzene rings is 4. The summed E-state index contributed by atoms with van der Waals surface area (Å²) in [6.45, 7) is 1.82. The van der Waals surface area contributed by atoms with Crippen LogP contribution in [0.5, 0.6) is 11.5 Å². The Balaban J connectivity index is 1.40. The zero-order valence-electron chi connectivity index (χ0n) is 26.5. The number of rotatable bonds is 14. The third kappa shape index (κ3) is 7.71. The van der Waals surface area contributed by atoms with E-state index in [1.807, 2.05) is 55.6 Å². The molecule has 1 aliphatic rings. The van der Waals surface area contributed by atoms with Crippen LogP contribution in [0.4, 0.5) is 10.1 Å². The first-order valence-electron chi connectivity index (χ1n) is 15.3. The SMILES string of the molecule is CNCc1cc(Cl)c(CNc2cccc(-c3cccc(-c4cc(F)c(CNCC5CCC(=O)N5)c(OC)c4)c3Cl)c2C=N)cc1OC. The van der Waals surface area contributed by atoms with E-state index in [-0.39, 0.29) is 18.5 Å². The summed E-state index contributed by atoms with van der Waals surface area (Å²) in [6.07, 6.45) is 2.56. The van der Waals surface area contributed by atoms with Crippen molar-refractivity contribution in [3.8, 4) is 33.8 Å². The molecule has 5 N–H and O–H groups in total. The van der Waals surface area contributed by atoms with Gasteiger partial charge in [0, 0.05) is 83.4 Å². The third-order valence-electron chi connectivity index (χ3n) is 8.29. The topological polar surface area (TPSA) is 108 Å². The highest BCUT2D eigenvalue weighted by molar-refractivity contribution is 6.36. The number of carbonyl (C=O) groups is 1. The summed E-state index contributed by atoms with van der Waals surface area (Å²) in [7, 11) is 5.00. The molecule has 0 saturated carbocycles. The Bertz CT molecular complexity index is 1780. The number of anilines is 1. The van der Waals surface area contributed by atoms with Gasteiger partial charge in [-0.2, -0.15) is 0 Å². The van der Waals surface area contributed by atoms with E-state index >= 15 is 4.39 Å². The summed E-state index contributed by atoms with van der Waals surface area (Å²) in [5.41, 5.74) is 6.22. The van der Waals surface area contributed by atoms with Crippen molar-refractivity contribution in [3.63, 3.8) is 0 Å². The van der Waals surface area contributed by atoms with Gasteiger partial charge in [-0.1, -0.05) is 53.5 Å². The number of nitrogens with one attached hydrogen (secondary N) is 5. The van der Waals surface area contributed by atoms with Crippen LogP contribution in [0.2, 0.25) is 10.0 Å². The van der Waals surface area contributed by atoms with E-state index < -0.39 is 5.82 Å². The van der Waals surface area contributed by atoms with Gasteiger partial charge in [0.2, 0.25) is 5.91 Å². The predicted molar refractivity (Wildman–Crippen MR) is 188 cm³/mol. The molecule has 0 bridgehead atoms. The van der Waals surface area contributed by atoms with Crippen LogP contribution in [0.1, 0.15) is 35.1 Å². The summed E-state index contributed by atoms with van der Waals surface area (Å²) in [4.78, 5) is 11.5. The Morgan fingerprint density at radius 3 is 2.40 bits per heavy atom. The van der Waals surface area contributed by atoms with Crippen LogP contribution in [0, 0.1) is 11.2 Å². The minimum atomic E-state index is -0.426. The lowest BCUT2D eigenvalue weighted by Gasteiger charge is -2.18. The fourth-order valence-corrected chi connectivity index (χ4v) is 6.47. The lowest BCUT2D eigenvalue weighted by atomic mass is 9.94. The van der Waals surface area contributed by atoms with Gasteiger partial charge in [-0.05, 0) is 60.5 Å². The minimum absolute atomic E-state index is 0.0353. The standard InChI is InChI=1S/C36H38Cl2FN5O3/c1-41-17-23-12-30(37)22(15-33(23)46-2)18-43-32-9-5-7-26(28(32)16-40)27-8-4-6-25(36(27)38)21-13-31(39)29(34(14-21)47-3)20-42-19-24-10-11-35(45)44-24/h4-9,12-16,24,40-43H,10-11,17-20H2,1-3H3,(H,44,45). The largest absolute Gasteiger partial charge is 0.496 e. The van der Waals surface area contributed by atoms with Crippen LogP contribution >= 0.6 is 23.2 Å². The quantitative estimate of drug-likeness (QED) is 0.0906. The molecule has 0 aromatic heterocycles. The first kappa shape index (κ1) is 34.2. The fraction of sp³-hybridized carbons (Fsp3) is 0.278. The van der Waals surface area contributed by atoms with Gasteiger partial charge in [-0.3, -0.25) is 4.79 Å². The van der Waals surface area contributed by atoms with Crippen molar-refractivity contribution in [2.75, 3.05) is 33.1 Å². The van der Waals surface area contributed by atoms with Crippen molar-refractivity contribution in [3.05, 3.63) is 98.8 Å². The van der Waals surface area contributed by atoms with E-state index in [2.05, 4.69) is 21.3 Å². The number of ether oxygens (including phenoxy) is 2. The van der Waals surface area contributed by atoms with Crippen LogP contribution in [0.15, 0.2) is 60.7 Å². The van der Waals surface area contributed by atoms with Gasteiger partial charge in [-0.15, -0.1) is 0 Å². The molecule has 1 amide bonds. The maximum atomic E-state index is 15.5. The molecule has 1 fully saturated rings. The van der Waals surface area contributed by atoms with Crippen molar-refractivity contribution in [2.45, 2.75) is 38.5 Å². The second kappa shape index (κ2) is 15.6. The van der Waals surface area contributed by atoms with Gasteiger partial charge in [0.05, 0.1) is 19.2 Å². The molecule has 8 nitrogen and oxygen atoms in total. The number of methoxy groups -OCH3 is 2. The van der Waals surface area contributed by atoms with E-state index in [0.29, 0.717) is 69.7 Å². The zero-order valence-corrected chi connectivity index (χ0v) is 28.0. The molecule has 1 saturated heterocycles. The molecule has 4 aromatic carbocycles. The lowest BCUT2D eigenvalue weighted by Crippen LogP contribution is -2.35. The Kier molecular flexibility index (Phi) is 11.4. The number of halogens is 3. The molecule has 1 unspecified atom stereocenters. The molecule has 1 heterocycles. The molecule has 47 heavy (non-hydrogen) atoms. The van der Waals surface area contributed by atoms with Crippen LogP contribution in [0.25, 0.3) is 22.3 Å². The highest BCUT2D eigenvalue weighted by atomic mass is 35.5. The number of amides is 1. The van der Waals surface area contributed by atoms with E-state index in [1.165, 1.54) is 19.4 Å². The monoisotopic (exact) mass is 677 g/mol. The van der Waals surface area contributed by atoms with Gasteiger partial charge in [0.15, 0.2) is 0 Å². The Morgan fingerprint density at radius 1 is 0.957 bits per heavy atom. The molecular weight excluding hydrogens is 640 g/mol. The Morgan fingerprint density at radius 2 is 1.70 bits per heavy atom. The highest BCUT2D eigenvalue weighted by Gasteiger charge is 2.22. The van der Waals surface area contributed by atoms with E-state index in [9.17, 15) is 4.79 Å². The average molecular weight is 679 g/mol. The summed E-state index contributed by atoms with van der Waals surface area (Å²) < 4.78 is 26.7. The fourth-order valence-electron chi connectivity index (χ4n) is 5.88. The smallest absolute Gasteiger partial charge is 0.220 e. The van der Waals surface area contributed by atoms with Crippen LogP contribution in [0.3, 0.4) is 0 Å². The zero-order chi connectivity index (χ0) is 33.5. The van der Waals surface area contributed by atoms with E-state index in [4.69, 9.17) is 38.1 Å². The summed E-state index contributed by atoms with van der Waals surface area (Å²) in [5.74, 6) is 0.743. The van der Waals surface area contributed by atoms with Crippen molar-refractivity contribution in [1.29, 1.82) is 5.41 Å². The van der Waals surface area contributed by atoms with Crippen molar-refractivity contribution in [2.24, 2.45) is 0 Å². The van der Waals surface area contributed by atoms with Crippen molar-refractivity contribution >= 4 is 41.0 Å². The Labute approximate surface area is 284 Å². The molecule has 11 heteroatoms. The second-order valence-corrected chi connectivity index (χ2v) is 12.1. The Hall–Kier alpha value is -4.15. The molecule has 5 rings (SSSR count). The lowest BCUT2D eigenvalue weighted by molar-refractivity contribution is -0.119. The molecule has 1 atom stereocenters. The van der Waals surface area contributed by atoms with Gasteiger partial charge < -0.3 is 36.2 Å². The van der Waals surface area contributed by atoms with Crippen molar-refractivity contribution < 1.29 is 18.7 Å². The predicted octanol–water partition coefficient (Wildman–Crippen LogP) is 7.18. The second-order valence-electron chi connectivity index (χ2n) is 11.3. The molecule has 246 valence electrons. The number of hydrogen-bond acceptors (Lipinski definition) is 7. The van der Waals surface area contributed by atoms with Crippen LogP contribution in [-0.2, 0) is 24.4 Å². The maximum absolute atomic E-state index is 15.5. The highest BCUT2D eigenvalue weighted by Crippen LogP contribution is 2.41. The summed E-state index contributed by atoms with van der Waals surface area (Å²) in [6, 6.07) is 18.4. The van der Waals surface area contributed by atoms with Gasteiger partial charge >= 0.3 is 0 Å². The molecule has 0 radical (unpaired) electrons. The normalized spacial score (nSPS) is 14.2. The van der Waals surface area contributed by atoms with Crippen LogP contribution < -0.4 is 30.7 Å². The van der Waals surface area contributed by atoms with Gasteiger partial charge in [0.1, 0.15) is 17.3 Å². The molecule has 0 aliphatic carbocycles. The minimum Gasteiger partial charge on any atom is -0.496 e. The molecule has 4 aromatic rings. The molecular formula is C36H38Cl2FN5O3. The molecule has 0 spiro atoms. The molecule has 1 aliphatic heterocycles. The summed E-state index contributed by atoms with van der Waals surface area (Å²) >= 11 is 13.7. The maximum Gasteiger partial charge on any atom is 0.220 e. The van der Waals surface area contributed by atoms with Gasteiger partial charge in [0.25, 0.3) is 0 Å². The van der Waals surface area contributed by atoms with Crippen LogP contribution in [-0.4, -0.2) is 46.0 Å². The first-order chi connectivity index (χ1) is 22.8. The number of hydrogen-bond donors (Lipinski definition) is 5. The average Bonchev–Trinajstić information content (AvgIpc) is 3.49. The van der Waals surface area contributed by atoms with Gasteiger partial charge in [-0.25, -0.2) is 4.39 Å². The number of carbonyl (C=O) groups excluding carboxylic acids is 1. The van der Waals surface area contributed by atoms with E-state index in [0.717, 1.165) is 34.5 Å². The van der Waals surface area contributed by atoms with Crippen molar-refractivity contribution in [1.82, 2.24) is 16.0 Å².